The zero-order valence-corrected chi connectivity index (χ0v) is 14.0. The number of alkyl halides is 3. The summed E-state index contributed by atoms with van der Waals surface area (Å²) >= 11 is 0. The number of nitrogens with one attached hydrogen (secondary N) is 2. The van der Waals surface area contributed by atoms with Crippen LogP contribution < -0.4 is 10.6 Å². The van der Waals surface area contributed by atoms with Crippen LogP contribution in [0, 0.1) is 5.82 Å². The van der Waals surface area contributed by atoms with E-state index < -0.39 is 47.8 Å². The van der Waals surface area contributed by atoms with Crippen LogP contribution in [0.5, 0.6) is 0 Å². The first-order valence-electron chi connectivity index (χ1n) is 7.95. The zero-order valence-electron chi connectivity index (χ0n) is 14.0. The summed E-state index contributed by atoms with van der Waals surface area (Å²) in [5.74, 6) is -3.96. The van der Waals surface area contributed by atoms with Gasteiger partial charge < -0.3 is 9.73 Å². The standard InChI is InChI=1S/C17H13F4N3O4/c18-11-5-3-10(4-6-11)7-8-24-14(26)16(17(19,20)21,23-15(24)27)22-13(25)12-2-1-9-28-12/h1-6,9H,7-8H2,(H,22,25)(H,23,27). The molecule has 4 amide bonds. The van der Waals surface area contributed by atoms with Crippen LogP contribution in [-0.4, -0.2) is 41.1 Å². The van der Waals surface area contributed by atoms with Crippen LogP contribution in [0.3, 0.4) is 0 Å². The average molecular weight is 399 g/mol. The van der Waals surface area contributed by atoms with Crippen molar-refractivity contribution in [3.05, 3.63) is 59.8 Å². The second kappa shape index (κ2) is 6.98. The zero-order chi connectivity index (χ0) is 20.5. The van der Waals surface area contributed by atoms with Crippen LogP contribution in [0.25, 0.3) is 0 Å². The van der Waals surface area contributed by atoms with Gasteiger partial charge in [-0.15, -0.1) is 0 Å². The highest BCUT2D eigenvalue weighted by Gasteiger charge is 2.68. The predicted octanol–water partition coefficient (Wildman–Crippen LogP) is 2.20. The molecule has 2 heterocycles. The number of hydrogen-bond acceptors (Lipinski definition) is 4. The molecule has 7 nitrogen and oxygen atoms in total. The number of imide groups is 1. The first-order valence-corrected chi connectivity index (χ1v) is 7.95. The molecule has 1 saturated heterocycles. The number of rotatable bonds is 5. The van der Waals surface area contributed by atoms with Gasteiger partial charge in [0.05, 0.1) is 6.26 Å². The van der Waals surface area contributed by atoms with E-state index in [0.717, 1.165) is 24.5 Å². The highest BCUT2D eigenvalue weighted by molar-refractivity contribution is 6.10. The Kier molecular flexibility index (Phi) is 4.84. The summed E-state index contributed by atoms with van der Waals surface area (Å²) in [5, 5.41) is 3.04. The minimum Gasteiger partial charge on any atom is -0.459 e. The van der Waals surface area contributed by atoms with Gasteiger partial charge in [-0.25, -0.2) is 9.18 Å². The van der Waals surface area contributed by atoms with E-state index in [2.05, 4.69) is 0 Å². The Morgan fingerprint density at radius 3 is 2.43 bits per heavy atom. The van der Waals surface area contributed by atoms with Crippen molar-refractivity contribution >= 4 is 17.8 Å². The molecule has 0 aliphatic carbocycles. The Bertz CT molecular complexity index is 896. The lowest BCUT2D eigenvalue weighted by molar-refractivity contribution is -0.200. The Balaban J connectivity index is 1.81. The first kappa shape index (κ1) is 19.4. The SMILES string of the molecule is O=C(NC1(C(F)(F)F)NC(=O)N(CCc2ccc(F)cc2)C1=O)c1ccco1. The molecule has 28 heavy (non-hydrogen) atoms. The number of furan rings is 1. The van der Waals surface area contributed by atoms with Crippen LogP contribution in [-0.2, 0) is 11.2 Å². The largest absolute Gasteiger partial charge is 0.459 e. The van der Waals surface area contributed by atoms with E-state index >= 15 is 0 Å². The summed E-state index contributed by atoms with van der Waals surface area (Å²) in [7, 11) is 0. The predicted molar refractivity (Wildman–Crippen MR) is 85.3 cm³/mol. The summed E-state index contributed by atoms with van der Waals surface area (Å²) in [6.45, 7) is -0.398. The van der Waals surface area contributed by atoms with Gasteiger partial charge in [-0.1, -0.05) is 12.1 Å². The highest BCUT2D eigenvalue weighted by atomic mass is 19.4. The van der Waals surface area contributed by atoms with Crippen molar-refractivity contribution in [2.24, 2.45) is 0 Å². The number of carbonyl (C=O) groups excluding carboxylic acids is 3. The molecule has 1 atom stereocenters. The van der Waals surface area contributed by atoms with Crippen molar-refractivity contribution in [2.75, 3.05) is 6.54 Å². The maximum Gasteiger partial charge on any atom is 0.440 e. The molecule has 1 aromatic heterocycles. The quantitative estimate of drug-likeness (QED) is 0.596. The van der Waals surface area contributed by atoms with Crippen molar-refractivity contribution < 1.29 is 36.4 Å². The Morgan fingerprint density at radius 2 is 1.86 bits per heavy atom. The van der Waals surface area contributed by atoms with E-state index in [9.17, 15) is 31.9 Å². The van der Waals surface area contributed by atoms with Gasteiger partial charge in [-0.05, 0) is 36.2 Å². The van der Waals surface area contributed by atoms with Gasteiger partial charge in [-0.2, -0.15) is 13.2 Å². The number of hydrogen-bond donors (Lipinski definition) is 2. The molecule has 1 aliphatic heterocycles. The van der Waals surface area contributed by atoms with Crippen LogP contribution >= 0.6 is 0 Å². The number of benzene rings is 1. The van der Waals surface area contributed by atoms with Gasteiger partial charge in [-0.3, -0.25) is 19.8 Å². The molecule has 1 aromatic carbocycles. The fourth-order valence-electron chi connectivity index (χ4n) is 2.66. The molecular weight excluding hydrogens is 386 g/mol. The van der Waals surface area contributed by atoms with Crippen molar-refractivity contribution in [3.63, 3.8) is 0 Å². The van der Waals surface area contributed by atoms with Gasteiger partial charge in [0.2, 0.25) is 0 Å². The molecule has 11 heteroatoms. The van der Waals surface area contributed by atoms with Crippen LogP contribution in [0.15, 0.2) is 47.1 Å². The number of amides is 4. The summed E-state index contributed by atoms with van der Waals surface area (Å²) in [5.41, 5.74) is -3.11. The lowest BCUT2D eigenvalue weighted by Gasteiger charge is -2.29. The van der Waals surface area contributed by atoms with Crippen molar-refractivity contribution in [2.45, 2.75) is 18.3 Å². The van der Waals surface area contributed by atoms with Crippen molar-refractivity contribution in [1.29, 1.82) is 0 Å². The van der Waals surface area contributed by atoms with Crippen LogP contribution in [0.4, 0.5) is 22.4 Å². The van der Waals surface area contributed by atoms with Gasteiger partial charge >= 0.3 is 12.2 Å². The molecule has 0 radical (unpaired) electrons. The maximum absolute atomic E-state index is 13.7. The molecule has 1 aliphatic rings. The molecule has 2 aromatic rings. The number of nitrogens with zero attached hydrogens (tertiary/aromatic N) is 1. The van der Waals surface area contributed by atoms with Gasteiger partial charge in [0.1, 0.15) is 5.82 Å². The lowest BCUT2D eigenvalue weighted by atomic mass is 10.1. The van der Waals surface area contributed by atoms with Gasteiger partial charge in [0.25, 0.3) is 17.5 Å². The van der Waals surface area contributed by atoms with Crippen molar-refractivity contribution in [3.8, 4) is 0 Å². The van der Waals surface area contributed by atoms with Crippen molar-refractivity contribution in [1.82, 2.24) is 15.5 Å². The Morgan fingerprint density at radius 1 is 1.18 bits per heavy atom. The third-order valence-corrected chi connectivity index (χ3v) is 4.11. The molecule has 1 unspecified atom stereocenters. The van der Waals surface area contributed by atoms with E-state index in [4.69, 9.17) is 4.42 Å². The summed E-state index contributed by atoms with van der Waals surface area (Å²) in [6.07, 6.45) is -4.24. The highest BCUT2D eigenvalue weighted by Crippen LogP contribution is 2.34. The van der Waals surface area contributed by atoms with E-state index in [0.29, 0.717) is 10.5 Å². The maximum atomic E-state index is 13.7. The van der Waals surface area contributed by atoms with Crippen LogP contribution in [0.2, 0.25) is 0 Å². The van der Waals surface area contributed by atoms with E-state index in [-0.39, 0.29) is 6.42 Å². The topological polar surface area (TPSA) is 91.7 Å². The molecule has 0 spiro atoms. The summed E-state index contributed by atoms with van der Waals surface area (Å²) in [6, 6.07) is 6.11. The molecule has 3 rings (SSSR count). The minimum atomic E-state index is -5.31. The molecular formula is C17H13F4N3O4. The van der Waals surface area contributed by atoms with E-state index in [1.165, 1.54) is 28.8 Å². The Labute approximate surface area is 155 Å². The number of urea groups is 1. The number of halogens is 4. The fourth-order valence-corrected chi connectivity index (χ4v) is 2.66. The van der Waals surface area contributed by atoms with Crippen LogP contribution in [0.1, 0.15) is 16.1 Å². The molecule has 2 N–H and O–H groups in total. The number of carbonyl (C=O) groups is 3. The normalized spacial score (nSPS) is 19.6. The average Bonchev–Trinajstić information content (AvgIpc) is 3.23. The second-order valence-corrected chi connectivity index (χ2v) is 5.94. The fraction of sp³-hybridized carbons (Fsp3) is 0.235. The molecule has 0 bridgehead atoms. The van der Waals surface area contributed by atoms with Gasteiger partial charge in [0.15, 0.2) is 5.76 Å². The van der Waals surface area contributed by atoms with E-state index in [1.807, 2.05) is 0 Å². The van der Waals surface area contributed by atoms with E-state index in [1.54, 1.807) is 0 Å². The first-order chi connectivity index (χ1) is 13.1. The Hall–Kier alpha value is -3.37. The molecule has 1 fully saturated rings. The molecule has 148 valence electrons. The third-order valence-electron chi connectivity index (χ3n) is 4.11. The lowest BCUT2D eigenvalue weighted by Crippen LogP contribution is -2.69. The second-order valence-electron chi connectivity index (χ2n) is 5.94. The van der Waals surface area contributed by atoms with Gasteiger partial charge in [0, 0.05) is 6.54 Å². The smallest absolute Gasteiger partial charge is 0.440 e. The third kappa shape index (κ3) is 3.42. The summed E-state index contributed by atoms with van der Waals surface area (Å²) < 4.78 is 58.7. The minimum absolute atomic E-state index is 0.000489. The molecule has 0 saturated carbocycles. The monoisotopic (exact) mass is 399 g/mol. The summed E-state index contributed by atoms with van der Waals surface area (Å²) in [4.78, 5) is 36.9.